The van der Waals surface area contributed by atoms with Crippen molar-refractivity contribution in [3.8, 4) is 5.75 Å². The molecule has 0 bridgehead atoms. The van der Waals surface area contributed by atoms with Crippen molar-refractivity contribution in [2.45, 2.75) is 33.9 Å². The monoisotopic (exact) mass is 504 g/mol. The van der Waals surface area contributed by atoms with Gasteiger partial charge in [-0.05, 0) is 26.8 Å². The zero-order valence-electron chi connectivity index (χ0n) is 16.4. The third-order valence-electron chi connectivity index (χ3n) is 3.78. The van der Waals surface area contributed by atoms with Gasteiger partial charge in [0.05, 0.1) is 32.6 Å². The van der Waals surface area contributed by atoms with Gasteiger partial charge in [-0.15, -0.1) is 35.3 Å². The Morgan fingerprint density at radius 1 is 1.22 bits per heavy atom. The van der Waals surface area contributed by atoms with Crippen molar-refractivity contribution in [2.75, 3.05) is 26.8 Å². The minimum Gasteiger partial charge on any atom is -0.496 e. The molecule has 1 heterocycles. The zero-order valence-corrected chi connectivity index (χ0v) is 19.5. The number of guanidine groups is 1. The van der Waals surface area contributed by atoms with Gasteiger partial charge in [-0.2, -0.15) is 0 Å². The number of nitrogens with one attached hydrogen (secondary N) is 2. The van der Waals surface area contributed by atoms with Crippen molar-refractivity contribution in [1.29, 1.82) is 0 Å². The van der Waals surface area contributed by atoms with Crippen molar-refractivity contribution < 1.29 is 9.47 Å². The number of hydrogen-bond acceptors (Lipinski definition) is 5. The van der Waals surface area contributed by atoms with Crippen LogP contribution < -0.4 is 15.4 Å². The minimum atomic E-state index is 0. The molecular formula is C19H29IN4O2S. The number of halogens is 1. The van der Waals surface area contributed by atoms with Crippen molar-refractivity contribution in [3.05, 3.63) is 45.4 Å². The molecule has 0 spiro atoms. The molecule has 1 aromatic heterocycles. The Hall–Kier alpha value is -1.39. The molecule has 0 aliphatic heterocycles. The molecular weight excluding hydrogens is 475 g/mol. The number of aliphatic imine (C=N–C) groups is 1. The number of nitrogens with zero attached hydrogens (tertiary/aromatic N) is 2. The molecule has 2 rings (SSSR count). The molecule has 8 heteroatoms. The van der Waals surface area contributed by atoms with Crippen LogP contribution in [0.5, 0.6) is 5.75 Å². The summed E-state index contributed by atoms with van der Waals surface area (Å²) in [6, 6.07) is 7.89. The number of benzene rings is 1. The summed E-state index contributed by atoms with van der Waals surface area (Å²) in [5.74, 6) is 1.63. The molecule has 0 amide bonds. The van der Waals surface area contributed by atoms with Crippen LogP contribution in [0.3, 0.4) is 0 Å². The van der Waals surface area contributed by atoms with Gasteiger partial charge in [-0.25, -0.2) is 9.98 Å². The molecule has 1 aromatic carbocycles. The van der Waals surface area contributed by atoms with Crippen molar-refractivity contribution in [1.82, 2.24) is 15.6 Å². The summed E-state index contributed by atoms with van der Waals surface area (Å²) < 4.78 is 11.1. The molecule has 150 valence electrons. The van der Waals surface area contributed by atoms with Gasteiger partial charge >= 0.3 is 0 Å². The zero-order chi connectivity index (χ0) is 18.8. The summed E-state index contributed by atoms with van der Waals surface area (Å²) in [5.41, 5.74) is 2.13. The van der Waals surface area contributed by atoms with Crippen molar-refractivity contribution in [2.24, 2.45) is 4.99 Å². The number of ether oxygens (including phenoxy) is 2. The van der Waals surface area contributed by atoms with Gasteiger partial charge < -0.3 is 20.1 Å². The van der Waals surface area contributed by atoms with Gasteiger partial charge in [0.1, 0.15) is 10.8 Å². The van der Waals surface area contributed by atoms with Crippen molar-refractivity contribution in [3.63, 3.8) is 0 Å². The predicted molar refractivity (Wildman–Crippen MR) is 122 cm³/mol. The van der Waals surface area contributed by atoms with Gasteiger partial charge in [-0.3, -0.25) is 0 Å². The second-order valence-electron chi connectivity index (χ2n) is 5.74. The van der Waals surface area contributed by atoms with Crippen LogP contribution in [-0.4, -0.2) is 37.7 Å². The molecule has 27 heavy (non-hydrogen) atoms. The quantitative estimate of drug-likeness (QED) is 0.236. The number of thiazole rings is 1. The normalized spacial score (nSPS) is 11.0. The average Bonchev–Trinajstić information content (AvgIpc) is 2.97. The lowest BCUT2D eigenvalue weighted by Gasteiger charge is -2.12. The van der Waals surface area contributed by atoms with E-state index < -0.39 is 0 Å². The van der Waals surface area contributed by atoms with E-state index in [1.165, 1.54) is 4.88 Å². The lowest BCUT2D eigenvalue weighted by Crippen LogP contribution is -2.38. The smallest absolute Gasteiger partial charge is 0.191 e. The lowest BCUT2D eigenvalue weighted by molar-refractivity contribution is 0.123. The molecule has 0 aliphatic rings. The number of methoxy groups -OCH3 is 1. The average molecular weight is 504 g/mol. The molecule has 0 radical (unpaired) electrons. The van der Waals surface area contributed by atoms with Gasteiger partial charge in [0.15, 0.2) is 5.96 Å². The van der Waals surface area contributed by atoms with E-state index in [2.05, 4.69) is 27.5 Å². The van der Waals surface area contributed by atoms with E-state index in [9.17, 15) is 0 Å². The summed E-state index contributed by atoms with van der Waals surface area (Å²) in [6.07, 6.45) is 0. The largest absolute Gasteiger partial charge is 0.496 e. The highest BCUT2D eigenvalue weighted by molar-refractivity contribution is 14.0. The van der Waals surface area contributed by atoms with Crippen LogP contribution in [0, 0.1) is 13.8 Å². The number of para-hydroxylation sites is 1. The van der Waals surface area contributed by atoms with Crippen molar-refractivity contribution >= 4 is 41.3 Å². The summed E-state index contributed by atoms with van der Waals surface area (Å²) in [5, 5.41) is 7.56. The Labute approximate surface area is 182 Å². The van der Waals surface area contributed by atoms with E-state index in [4.69, 9.17) is 9.47 Å². The number of aromatic nitrogens is 1. The molecule has 0 aliphatic carbocycles. The minimum absolute atomic E-state index is 0. The molecule has 0 atom stereocenters. The second kappa shape index (κ2) is 12.9. The maximum absolute atomic E-state index is 5.74. The molecule has 2 aromatic rings. The van der Waals surface area contributed by atoms with Gasteiger partial charge in [0, 0.05) is 23.5 Å². The van der Waals surface area contributed by atoms with Crippen LogP contribution in [0.15, 0.2) is 29.3 Å². The Kier molecular flexibility index (Phi) is 11.3. The number of aryl methyl sites for hydroxylation is 2. The standard InChI is InChI=1S/C19H28N4O2S.HI/c1-5-20-19(22-12-18-23-14(2)15(3)26-18)21-10-11-25-13-16-8-6-7-9-17(16)24-4;/h6-9H,5,10-13H2,1-4H3,(H2,20,21,22);1H. The van der Waals surface area contributed by atoms with Crippen LogP contribution in [0.4, 0.5) is 0 Å². The fourth-order valence-electron chi connectivity index (χ4n) is 2.34. The van der Waals surface area contributed by atoms with E-state index in [0.717, 1.165) is 34.5 Å². The summed E-state index contributed by atoms with van der Waals surface area (Å²) in [4.78, 5) is 10.4. The highest BCUT2D eigenvalue weighted by atomic mass is 127. The maximum Gasteiger partial charge on any atom is 0.191 e. The maximum atomic E-state index is 5.74. The van der Waals surface area contributed by atoms with E-state index in [-0.39, 0.29) is 24.0 Å². The Morgan fingerprint density at radius 3 is 2.67 bits per heavy atom. The first-order valence-electron chi connectivity index (χ1n) is 8.78. The fraction of sp³-hybridized carbons (Fsp3) is 0.474. The molecule has 0 fully saturated rings. The molecule has 0 unspecified atom stereocenters. The SMILES string of the molecule is CCNC(=NCc1nc(C)c(C)s1)NCCOCc1ccccc1OC.I. The van der Waals surface area contributed by atoms with Gasteiger partial charge in [-0.1, -0.05) is 18.2 Å². The molecule has 0 saturated carbocycles. The third-order valence-corrected chi connectivity index (χ3v) is 4.84. The van der Waals surface area contributed by atoms with Gasteiger partial charge in [0.2, 0.25) is 0 Å². The summed E-state index contributed by atoms with van der Waals surface area (Å²) >= 11 is 1.70. The predicted octanol–water partition coefficient (Wildman–Crippen LogP) is 3.66. The first-order chi connectivity index (χ1) is 12.6. The summed E-state index contributed by atoms with van der Waals surface area (Å²) in [7, 11) is 1.67. The van der Waals surface area contributed by atoms with E-state index in [1.54, 1.807) is 18.4 Å². The fourth-order valence-corrected chi connectivity index (χ4v) is 3.20. The van der Waals surface area contributed by atoms with E-state index in [1.807, 2.05) is 38.1 Å². The Balaban J connectivity index is 0.00000364. The highest BCUT2D eigenvalue weighted by Gasteiger charge is 2.04. The molecule has 2 N–H and O–H groups in total. The van der Waals surface area contributed by atoms with Crippen LogP contribution in [0.1, 0.15) is 28.1 Å². The number of rotatable bonds is 9. The number of hydrogen-bond donors (Lipinski definition) is 2. The van der Waals surface area contributed by atoms with Gasteiger partial charge in [0.25, 0.3) is 0 Å². The first-order valence-corrected chi connectivity index (χ1v) is 9.60. The topological polar surface area (TPSA) is 67.8 Å². The summed E-state index contributed by atoms with van der Waals surface area (Å²) in [6.45, 7) is 9.34. The van der Waals surface area contributed by atoms with Crippen LogP contribution in [0.25, 0.3) is 0 Å². The van der Waals surface area contributed by atoms with E-state index in [0.29, 0.717) is 26.3 Å². The second-order valence-corrected chi connectivity index (χ2v) is 7.02. The first kappa shape index (κ1) is 23.6. The Morgan fingerprint density at radius 2 is 2.00 bits per heavy atom. The van der Waals surface area contributed by atoms with Crippen LogP contribution in [-0.2, 0) is 17.9 Å². The highest BCUT2D eigenvalue weighted by Crippen LogP contribution is 2.18. The van der Waals surface area contributed by atoms with E-state index >= 15 is 0 Å². The Bertz CT molecular complexity index is 702. The molecule has 0 saturated heterocycles. The van der Waals surface area contributed by atoms with Crippen LogP contribution in [0.2, 0.25) is 0 Å². The lowest BCUT2D eigenvalue weighted by atomic mass is 10.2. The third kappa shape index (κ3) is 8.02. The molecule has 6 nitrogen and oxygen atoms in total. The van der Waals surface area contributed by atoms with Crippen LogP contribution >= 0.6 is 35.3 Å².